The number of nitrogens with one attached hydrogen (secondary N) is 1. The van der Waals surface area contributed by atoms with E-state index in [1.807, 2.05) is 24.3 Å². The van der Waals surface area contributed by atoms with Crippen LogP contribution in [0.1, 0.15) is 32.6 Å². The highest BCUT2D eigenvalue weighted by molar-refractivity contribution is 7.92. The van der Waals surface area contributed by atoms with E-state index in [2.05, 4.69) is 16.6 Å². The molecule has 1 heterocycles. The first-order valence-corrected chi connectivity index (χ1v) is 8.62. The molecule has 108 valence electrons. The van der Waals surface area contributed by atoms with E-state index in [-0.39, 0.29) is 5.75 Å². The number of hydrogen-bond acceptors (Lipinski definition) is 3. The highest BCUT2D eigenvalue weighted by atomic mass is 32.2. The van der Waals surface area contributed by atoms with Crippen LogP contribution in [0.5, 0.6) is 0 Å². The molecule has 0 atom stereocenters. The average Bonchev–Trinajstić information content (AvgIpc) is 2.44. The van der Waals surface area contributed by atoms with Gasteiger partial charge in [-0.15, -0.1) is 0 Å². The van der Waals surface area contributed by atoms with Crippen molar-refractivity contribution in [3.8, 4) is 0 Å². The van der Waals surface area contributed by atoms with Crippen LogP contribution in [-0.2, 0) is 10.0 Å². The Balaban J connectivity index is 2.11. The zero-order chi connectivity index (χ0) is 14.4. The van der Waals surface area contributed by atoms with E-state index in [0.717, 1.165) is 24.6 Å². The van der Waals surface area contributed by atoms with Crippen LogP contribution in [0.25, 0.3) is 10.9 Å². The molecule has 0 aliphatic carbocycles. The number of sulfonamides is 1. The second-order valence-electron chi connectivity index (χ2n) is 4.86. The van der Waals surface area contributed by atoms with Gasteiger partial charge in [0.15, 0.2) is 0 Å². The van der Waals surface area contributed by atoms with Crippen LogP contribution in [0.4, 0.5) is 5.69 Å². The lowest BCUT2D eigenvalue weighted by Crippen LogP contribution is -2.17. The van der Waals surface area contributed by atoms with Crippen molar-refractivity contribution in [3.05, 3.63) is 36.5 Å². The molecule has 2 rings (SSSR count). The van der Waals surface area contributed by atoms with E-state index in [1.165, 1.54) is 0 Å². The van der Waals surface area contributed by atoms with Crippen molar-refractivity contribution in [1.29, 1.82) is 0 Å². The monoisotopic (exact) mass is 292 g/mol. The molecule has 0 unspecified atom stereocenters. The second-order valence-corrected chi connectivity index (χ2v) is 6.70. The Bertz CT molecular complexity index is 663. The highest BCUT2D eigenvalue weighted by Gasteiger charge is 2.12. The number of benzene rings is 1. The Morgan fingerprint density at radius 2 is 1.90 bits per heavy atom. The van der Waals surface area contributed by atoms with Gasteiger partial charge in [-0.25, -0.2) is 8.42 Å². The number of hydrogen-bond donors (Lipinski definition) is 1. The van der Waals surface area contributed by atoms with Crippen molar-refractivity contribution in [1.82, 2.24) is 4.98 Å². The molecule has 1 aromatic carbocycles. The van der Waals surface area contributed by atoms with Gasteiger partial charge in [-0.2, -0.15) is 0 Å². The van der Waals surface area contributed by atoms with Gasteiger partial charge in [-0.05, 0) is 18.6 Å². The normalized spacial score (nSPS) is 11.7. The molecule has 1 aromatic heterocycles. The van der Waals surface area contributed by atoms with Gasteiger partial charge in [0.2, 0.25) is 10.0 Å². The minimum absolute atomic E-state index is 0.163. The van der Waals surface area contributed by atoms with Crippen molar-refractivity contribution in [2.24, 2.45) is 0 Å². The topological polar surface area (TPSA) is 59.1 Å². The maximum absolute atomic E-state index is 12.1. The molecular formula is C15H20N2O2S. The van der Waals surface area contributed by atoms with Crippen LogP contribution in [-0.4, -0.2) is 19.2 Å². The third kappa shape index (κ3) is 3.93. The largest absolute Gasteiger partial charge is 0.281 e. The molecule has 0 saturated carbocycles. The molecule has 0 radical (unpaired) electrons. The highest BCUT2D eigenvalue weighted by Crippen LogP contribution is 2.21. The number of aromatic nitrogens is 1. The maximum atomic E-state index is 12.1. The predicted molar refractivity (Wildman–Crippen MR) is 83.3 cm³/mol. The maximum Gasteiger partial charge on any atom is 0.232 e. The first-order chi connectivity index (χ1) is 9.62. The molecule has 20 heavy (non-hydrogen) atoms. The van der Waals surface area contributed by atoms with Crippen LogP contribution in [0.15, 0.2) is 36.5 Å². The van der Waals surface area contributed by atoms with Crippen LogP contribution >= 0.6 is 0 Å². The quantitative estimate of drug-likeness (QED) is 0.794. The van der Waals surface area contributed by atoms with Crippen molar-refractivity contribution in [2.75, 3.05) is 10.5 Å². The standard InChI is InChI=1S/C15H20N2O2S/c1-2-3-4-5-12-20(18,19)17-14-10-6-8-13-9-7-11-16-15(13)14/h6-11,17H,2-5,12H2,1H3. The summed E-state index contributed by atoms with van der Waals surface area (Å²) in [5.41, 5.74) is 1.24. The number of nitrogens with zero attached hydrogens (tertiary/aromatic N) is 1. The van der Waals surface area contributed by atoms with Crippen LogP contribution in [0.2, 0.25) is 0 Å². The number of anilines is 1. The lowest BCUT2D eigenvalue weighted by Gasteiger charge is -2.09. The van der Waals surface area contributed by atoms with E-state index in [4.69, 9.17) is 0 Å². The summed E-state index contributed by atoms with van der Waals surface area (Å²) in [6, 6.07) is 9.26. The summed E-state index contributed by atoms with van der Waals surface area (Å²) in [7, 11) is -3.30. The zero-order valence-electron chi connectivity index (χ0n) is 11.7. The average molecular weight is 292 g/mol. The molecule has 1 N–H and O–H groups in total. The lowest BCUT2D eigenvalue weighted by atomic mass is 10.2. The summed E-state index contributed by atoms with van der Waals surface area (Å²) in [6.45, 7) is 2.11. The minimum Gasteiger partial charge on any atom is -0.281 e. The first kappa shape index (κ1) is 14.8. The summed E-state index contributed by atoms with van der Waals surface area (Å²) in [6.07, 6.45) is 5.49. The Kier molecular flexibility index (Phi) is 4.95. The van der Waals surface area contributed by atoms with E-state index in [9.17, 15) is 8.42 Å². The summed E-state index contributed by atoms with van der Waals surface area (Å²) < 4.78 is 26.8. The fraction of sp³-hybridized carbons (Fsp3) is 0.400. The van der Waals surface area contributed by atoms with Crippen LogP contribution in [0, 0.1) is 0 Å². The van der Waals surface area contributed by atoms with Crippen molar-refractivity contribution < 1.29 is 8.42 Å². The molecule has 0 saturated heterocycles. The minimum atomic E-state index is -3.30. The van der Waals surface area contributed by atoms with E-state index < -0.39 is 10.0 Å². The molecule has 0 aliphatic heterocycles. The van der Waals surface area contributed by atoms with Gasteiger partial charge in [-0.1, -0.05) is 44.4 Å². The molecule has 0 aliphatic rings. The Hall–Kier alpha value is -1.62. The Labute approximate surface area is 120 Å². The fourth-order valence-electron chi connectivity index (χ4n) is 2.12. The number of fused-ring (bicyclic) bond motifs is 1. The number of unbranched alkanes of at least 4 members (excludes halogenated alkanes) is 3. The molecule has 0 fully saturated rings. The summed E-state index contributed by atoms with van der Waals surface area (Å²) in [5, 5.41) is 0.929. The van der Waals surface area contributed by atoms with Gasteiger partial charge >= 0.3 is 0 Å². The predicted octanol–water partition coefficient (Wildman–Crippen LogP) is 3.56. The molecular weight excluding hydrogens is 272 g/mol. The number of pyridine rings is 1. The Morgan fingerprint density at radius 3 is 2.70 bits per heavy atom. The first-order valence-electron chi connectivity index (χ1n) is 6.96. The number of para-hydroxylation sites is 1. The third-order valence-electron chi connectivity index (χ3n) is 3.16. The van der Waals surface area contributed by atoms with Gasteiger partial charge in [0.25, 0.3) is 0 Å². The van der Waals surface area contributed by atoms with Crippen LogP contribution in [0.3, 0.4) is 0 Å². The molecule has 0 spiro atoms. The third-order valence-corrected chi connectivity index (χ3v) is 4.52. The summed E-state index contributed by atoms with van der Waals surface area (Å²) in [4.78, 5) is 4.25. The summed E-state index contributed by atoms with van der Waals surface area (Å²) in [5.74, 6) is 0.163. The fourth-order valence-corrected chi connectivity index (χ4v) is 3.31. The molecule has 4 nitrogen and oxygen atoms in total. The second kappa shape index (κ2) is 6.70. The Morgan fingerprint density at radius 1 is 1.10 bits per heavy atom. The van der Waals surface area contributed by atoms with Gasteiger partial charge < -0.3 is 0 Å². The lowest BCUT2D eigenvalue weighted by molar-refractivity contribution is 0.594. The van der Waals surface area contributed by atoms with E-state index in [1.54, 1.807) is 12.3 Å². The molecule has 0 amide bonds. The van der Waals surface area contributed by atoms with Gasteiger partial charge in [0.05, 0.1) is 17.0 Å². The van der Waals surface area contributed by atoms with Gasteiger partial charge in [0.1, 0.15) is 0 Å². The SMILES string of the molecule is CCCCCCS(=O)(=O)Nc1cccc2cccnc12. The summed E-state index contributed by atoms with van der Waals surface area (Å²) >= 11 is 0. The molecule has 0 bridgehead atoms. The number of rotatable bonds is 7. The van der Waals surface area contributed by atoms with E-state index >= 15 is 0 Å². The van der Waals surface area contributed by atoms with Crippen molar-refractivity contribution >= 4 is 26.6 Å². The van der Waals surface area contributed by atoms with Crippen molar-refractivity contribution in [3.63, 3.8) is 0 Å². The smallest absolute Gasteiger partial charge is 0.232 e. The van der Waals surface area contributed by atoms with Crippen LogP contribution < -0.4 is 4.72 Å². The van der Waals surface area contributed by atoms with Gasteiger partial charge in [0, 0.05) is 11.6 Å². The van der Waals surface area contributed by atoms with Crippen molar-refractivity contribution in [2.45, 2.75) is 32.6 Å². The molecule has 2 aromatic rings. The zero-order valence-corrected chi connectivity index (χ0v) is 12.5. The van der Waals surface area contributed by atoms with Gasteiger partial charge in [-0.3, -0.25) is 9.71 Å². The molecule has 5 heteroatoms. The van der Waals surface area contributed by atoms with E-state index in [0.29, 0.717) is 17.6 Å².